The molecule has 3 rings (SSSR count). The van der Waals surface area contributed by atoms with Gasteiger partial charge in [0, 0.05) is 24.6 Å². The molecule has 0 radical (unpaired) electrons. The Morgan fingerprint density at radius 2 is 1.52 bits per heavy atom. The highest BCUT2D eigenvalue weighted by Gasteiger charge is 2.43. The van der Waals surface area contributed by atoms with Crippen LogP contribution in [0.1, 0.15) is 54.1 Å². The summed E-state index contributed by atoms with van der Waals surface area (Å²) in [4.78, 5) is 27.8. The lowest BCUT2D eigenvalue weighted by atomic mass is 9.79. The number of aryl methyl sites for hydroxylation is 2. The van der Waals surface area contributed by atoms with Crippen molar-refractivity contribution in [2.45, 2.75) is 45.7 Å². The molecular weight excluding hydrogens is 358 g/mol. The molecule has 0 aliphatic carbocycles. The maximum absolute atomic E-state index is 13.1. The van der Waals surface area contributed by atoms with Crippen molar-refractivity contribution in [2.24, 2.45) is 5.92 Å². The highest BCUT2D eigenvalue weighted by atomic mass is 35.5. The van der Waals surface area contributed by atoms with Gasteiger partial charge < -0.3 is 4.90 Å². The highest BCUT2D eigenvalue weighted by molar-refractivity contribution is 6.18. The van der Waals surface area contributed by atoms with Crippen LogP contribution in [0.25, 0.3) is 0 Å². The smallest absolute Gasteiger partial charge is 0.224 e. The number of alkyl halides is 1. The minimum absolute atomic E-state index is 0.000463. The zero-order valence-electron chi connectivity index (χ0n) is 16.1. The molecule has 2 aromatic carbocycles. The third kappa shape index (κ3) is 4.08. The molecule has 1 amide bonds. The van der Waals surface area contributed by atoms with Crippen LogP contribution in [0.2, 0.25) is 0 Å². The van der Waals surface area contributed by atoms with Gasteiger partial charge in [0.2, 0.25) is 5.91 Å². The molecule has 0 spiro atoms. The number of Topliss-reactive ketones (excluding diaryl/α,β-unsaturated/α-hetero) is 1. The number of hydrogen-bond acceptors (Lipinski definition) is 2. The maximum Gasteiger partial charge on any atom is 0.224 e. The highest BCUT2D eigenvalue weighted by Crippen LogP contribution is 2.43. The van der Waals surface area contributed by atoms with Crippen molar-refractivity contribution in [1.82, 2.24) is 4.90 Å². The van der Waals surface area contributed by atoms with Crippen LogP contribution in [0.3, 0.4) is 0 Å². The van der Waals surface area contributed by atoms with Crippen molar-refractivity contribution in [3.05, 3.63) is 70.8 Å². The summed E-state index contributed by atoms with van der Waals surface area (Å²) >= 11 is 5.90. The lowest BCUT2D eigenvalue weighted by Crippen LogP contribution is -2.47. The zero-order valence-corrected chi connectivity index (χ0v) is 16.9. The second kappa shape index (κ2) is 8.26. The molecule has 1 fully saturated rings. The minimum Gasteiger partial charge on any atom is -0.327 e. The molecule has 0 bridgehead atoms. The van der Waals surface area contributed by atoms with Crippen LogP contribution >= 0.6 is 11.6 Å². The maximum atomic E-state index is 13.1. The van der Waals surface area contributed by atoms with Crippen LogP contribution in [0.4, 0.5) is 0 Å². The van der Waals surface area contributed by atoms with Gasteiger partial charge in [-0.3, -0.25) is 9.59 Å². The van der Waals surface area contributed by atoms with Gasteiger partial charge in [0.1, 0.15) is 5.78 Å². The van der Waals surface area contributed by atoms with Gasteiger partial charge in [-0.05, 0) is 25.0 Å². The first-order chi connectivity index (χ1) is 12.9. The van der Waals surface area contributed by atoms with Gasteiger partial charge in [-0.25, -0.2) is 0 Å². The standard InChI is InChI=1S/C23H26ClNO2/c1-15-4-8-18(9-5-15)20-14-21(26)17(3)23(25(20)22(27)12-13-24)19-10-6-16(2)7-11-19/h4-11,17,20,23H,12-14H2,1-3H3. The zero-order chi connectivity index (χ0) is 19.6. The van der Waals surface area contributed by atoms with Crippen molar-refractivity contribution < 1.29 is 9.59 Å². The summed E-state index contributed by atoms with van der Waals surface area (Å²) in [6.45, 7) is 5.99. The predicted octanol–water partition coefficient (Wildman–Crippen LogP) is 5.15. The molecule has 142 valence electrons. The van der Waals surface area contributed by atoms with E-state index in [-0.39, 0.29) is 42.0 Å². The summed E-state index contributed by atoms with van der Waals surface area (Å²) in [5, 5.41) is 0. The Morgan fingerprint density at radius 3 is 2.04 bits per heavy atom. The van der Waals surface area contributed by atoms with Crippen molar-refractivity contribution in [2.75, 3.05) is 5.88 Å². The first-order valence-electron chi connectivity index (χ1n) is 9.45. The Hall–Kier alpha value is -2.13. The number of carbonyl (C=O) groups is 2. The summed E-state index contributed by atoms with van der Waals surface area (Å²) in [5.74, 6) is 0.231. The van der Waals surface area contributed by atoms with E-state index >= 15 is 0 Å². The number of amides is 1. The molecule has 1 aliphatic heterocycles. The summed E-state index contributed by atoms with van der Waals surface area (Å²) in [6.07, 6.45) is 0.619. The number of ketones is 1. The van der Waals surface area contributed by atoms with Crippen molar-refractivity contribution >= 4 is 23.3 Å². The Kier molecular flexibility index (Phi) is 6.01. The molecule has 1 aliphatic rings. The van der Waals surface area contributed by atoms with E-state index in [0.29, 0.717) is 6.42 Å². The van der Waals surface area contributed by atoms with E-state index in [0.717, 1.165) is 22.3 Å². The number of carbonyl (C=O) groups excluding carboxylic acids is 2. The topological polar surface area (TPSA) is 37.4 Å². The van der Waals surface area contributed by atoms with E-state index in [1.54, 1.807) is 0 Å². The fourth-order valence-corrected chi connectivity index (χ4v) is 4.07. The molecule has 27 heavy (non-hydrogen) atoms. The van der Waals surface area contributed by atoms with Crippen LogP contribution in [-0.4, -0.2) is 22.5 Å². The number of benzene rings is 2. The second-order valence-corrected chi connectivity index (χ2v) is 7.86. The Labute approximate surface area is 166 Å². The predicted molar refractivity (Wildman–Crippen MR) is 109 cm³/mol. The van der Waals surface area contributed by atoms with E-state index < -0.39 is 0 Å². The molecule has 0 N–H and O–H groups in total. The van der Waals surface area contributed by atoms with Crippen LogP contribution in [0.5, 0.6) is 0 Å². The molecule has 1 heterocycles. The van der Waals surface area contributed by atoms with E-state index in [4.69, 9.17) is 11.6 Å². The molecule has 3 unspecified atom stereocenters. The lowest BCUT2D eigenvalue weighted by Gasteiger charge is -2.45. The second-order valence-electron chi connectivity index (χ2n) is 7.48. The monoisotopic (exact) mass is 383 g/mol. The number of rotatable bonds is 4. The molecule has 3 nitrogen and oxygen atoms in total. The van der Waals surface area contributed by atoms with Crippen molar-refractivity contribution in [3.8, 4) is 0 Å². The Balaban J connectivity index is 2.09. The third-order valence-corrected chi connectivity index (χ3v) is 5.68. The molecule has 2 aromatic rings. The van der Waals surface area contributed by atoms with Gasteiger partial charge >= 0.3 is 0 Å². The van der Waals surface area contributed by atoms with E-state index in [1.165, 1.54) is 0 Å². The van der Waals surface area contributed by atoms with Gasteiger partial charge in [0.25, 0.3) is 0 Å². The third-order valence-electron chi connectivity index (χ3n) is 5.49. The quantitative estimate of drug-likeness (QED) is 0.684. The summed E-state index contributed by atoms with van der Waals surface area (Å²) < 4.78 is 0. The van der Waals surface area contributed by atoms with E-state index in [9.17, 15) is 9.59 Å². The molecule has 0 aromatic heterocycles. The molecule has 0 saturated carbocycles. The van der Waals surface area contributed by atoms with Crippen molar-refractivity contribution in [1.29, 1.82) is 0 Å². The summed E-state index contributed by atoms with van der Waals surface area (Å²) in [5.41, 5.74) is 4.31. The summed E-state index contributed by atoms with van der Waals surface area (Å²) in [6, 6.07) is 15.7. The van der Waals surface area contributed by atoms with Gasteiger partial charge in [-0.2, -0.15) is 0 Å². The Bertz CT molecular complexity index is 813. The number of halogens is 1. The van der Waals surface area contributed by atoms with Crippen LogP contribution in [0.15, 0.2) is 48.5 Å². The van der Waals surface area contributed by atoms with Crippen LogP contribution in [-0.2, 0) is 9.59 Å². The number of likely N-dealkylation sites (tertiary alicyclic amines) is 1. The van der Waals surface area contributed by atoms with Crippen LogP contribution < -0.4 is 0 Å². The first-order valence-corrected chi connectivity index (χ1v) is 9.98. The average Bonchev–Trinajstić information content (AvgIpc) is 2.65. The normalized spacial score (nSPS) is 22.7. The molecule has 4 heteroatoms. The average molecular weight is 384 g/mol. The first kappa shape index (κ1) is 19.6. The number of piperidine rings is 1. The minimum atomic E-state index is -0.270. The lowest BCUT2D eigenvalue weighted by molar-refractivity contribution is -0.146. The van der Waals surface area contributed by atoms with E-state index in [2.05, 4.69) is 0 Å². The number of hydrogen-bond donors (Lipinski definition) is 0. The molecular formula is C23H26ClNO2. The van der Waals surface area contributed by atoms with Gasteiger partial charge in [0.15, 0.2) is 0 Å². The number of nitrogens with zero attached hydrogens (tertiary/aromatic N) is 1. The van der Waals surface area contributed by atoms with Crippen molar-refractivity contribution in [3.63, 3.8) is 0 Å². The SMILES string of the molecule is Cc1ccc(C2CC(=O)C(C)C(c3ccc(C)cc3)N2C(=O)CCCl)cc1. The van der Waals surface area contributed by atoms with Gasteiger partial charge in [-0.15, -0.1) is 11.6 Å². The van der Waals surface area contributed by atoms with Gasteiger partial charge in [-0.1, -0.05) is 66.6 Å². The van der Waals surface area contributed by atoms with E-state index in [1.807, 2.05) is 74.2 Å². The Morgan fingerprint density at radius 1 is 1.00 bits per heavy atom. The van der Waals surface area contributed by atoms with Crippen LogP contribution in [0, 0.1) is 19.8 Å². The fraction of sp³-hybridized carbons (Fsp3) is 0.391. The summed E-state index contributed by atoms with van der Waals surface area (Å²) in [7, 11) is 0. The van der Waals surface area contributed by atoms with Gasteiger partial charge in [0.05, 0.1) is 12.1 Å². The molecule has 1 saturated heterocycles. The largest absolute Gasteiger partial charge is 0.327 e. The fourth-order valence-electron chi connectivity index (χ4n) is 3.90. The molecule has 3 atom stereocenters.